The normalized spacial score (nSPS) is 12.5. The van der Waals surface area contributed by atoms with E-state index in [0.29, 0.717) is 10.6 Å². The molecule has 0 aliphatic carbocycles. The van der Waals surface area contributed by atoms with Crippen LogP contribution in [-0.4, -0.2) is 7.05 Å². The van der Waals surface area contributed by atoms with Crippen LogP contribution in [0.25, 0.3) is 0 Å². The summed E-state index contributed by atoms with van der Waals surface area (Å²) in [5.74, 6) is -0.693. The van der Waals surface area contributed by atoms with Crippen LogP contribution in [0.15, 0.2) is 36.4 Å². The Morgan fingerprint density at radius 1 is 1.00 bits per heavy atom. The maximum Gasteiger partial charge on any atom is 0.123 e. The molecule has 0 spiro atoms. The minimum atomic E-state index is -0.367. The van der Waals surface area contributed by atoms with Crippen LogP contribution in [0, 0.1) is 18.6 Å². The van der Waals surface area contributed by atoms with Crippen molar-refractivity contribution in [2.75, 3.05) is 7.05 Å². The SMILES string of the molecule is CNC(c1cc(F)ccc1C)c1cc(F)ccc1Cl. The standard InChI is InChI=1S/C15H14ClF2N/c1-9-3-4-10(17)7-12(9)15(19-2)13-8-11(18)5-6-14(13)16/h3-8,15,19H,1-2H3. The first kappa shape index (κ1) is 14.0. The molecule has 100 valence electrons. The summed E-state index contributed by atoms with van der Waals surface area (Å²) in [6, 6.07) is 8.37. The van der Waals surface area contributed by atoms with Gasteiger partial charge in [0.1, 0.15) is 11.6 Å². The lowest BCUT2D eigenvalue weighted by Crippen LogP contribution is -2.19. The molecule has 1 N–H and O–H groups in total. The number of halogens is 3. The van der Waals surface area contributed by atoms with Gasteiger partial charge in [-0.1, -0.05) is 17.7 Å². The van der Waals surface area contributed by atoms with Crippen LogP contribution in [0.3, 0.4) is 0 Å². The van der Waals surface area contributed by atoms with Gasteiger partial charge in [-0.3, -0.25) is 0 Å². The summed E-state index contributed by atoms with van der Waals surface area (Å²) in [6.45, 7) is 1.88. The first-order chi connectivity index (χ1) is 9.02. The molecule has 0 saturated carbocycles. The van der Waals surface area contributed by atoms with Gasteiger partial charge in [-0.2, -0.15) is 0 Å². The van der Waals surface area contributed by atoms with E-state index in [9.17, 15) is 8.78 Å². The van der Waals surface area contributed by atoms with Crippen LogP contribution in [-0.2, 0) is 0 Å². The fraction of sp³-hybridized carbons (Fsp3) is 0.200. The molecule has 0 saturated heterocycles. The summed E-state index contributed by atoms with van der Waals surface area (Å²) >= 11 is 6.11. The van der Waals surface area contributed by atoms with Gasteiger partial charge < -0.3 is 5.32 Å². The predicted octanol–water partition coefficient (Wildman–Crippen LogP) is 4.24. The fourth-order valence-electron chi connectivity index (χ4n) is 2.14. The number of nitrogens with one attached hydrogen (secondary N) is 1. The molecule has 4 heteroatoms. The third-order valence-electron chi connectivity index (χ3n) is 3.11. The topological polar surface area (TPSA) is 12.0 Å². The van der Waals surface area contributed by atoms with Crippen LogP contribution in [0.1, 0.15) is 22.7 Å². The molecule has 1 nitrogen and oxygen atoms in total. The van der Waals surface area contributed by atoms with E-state index in [0.717, 1.165) is 11.1 Å². The molecule has 0 aliphatic rings. The second-order valence-corrected chi connectivity index (χ2v) is 4.80. The Hall–Kier alpha value is -1.45. The maximum absolute atomic E-state index is 13.4. The average molecular weight is 282 g/mol. The van der Waals surface area contributed by atoms with Gasteiger partial charge in [-0.15, -0.1) is 0 Å². The van der Waals surface area contributed by atoms with Gasteiger partial charge >= 0.3 is 0 Å². The monoisotopic (exact) mass is 281 g/mol. The van der Waals surface area contributed by atoms with Crippen LogP contribution < -0.4 is 5.32 Å². The van der Waals surface area contributed by atoms with Gasteiger partial charge in [0.05, 0.1) is 6.04 Å². The highest BCUT2D eigenvalue weighted by molar-refractivity contribution is 6.31. The highest BCUT2D eigenvalue weighted by atomic mass is 35.5. The lowest BCUT2D eigenvalue weighted by molar-refractivity contribution is 0.607. The lowest BCUT2D eigenvalue weighted by Gasteiger charge is -2.20. The van der Waals surface area contributed by atoms with Crippen LogP contribution >= 0.6 is 11.6 Å². The molecule has 0 heterocycles. The number of benzene rings is 2. The first-order valence-electron chi connectivity index (χ1n) is 5.91. The largest absolute Gasteiger partial charge is 0.309 e. The van der Waals surface area contributed by atoms with Crippen molar-refractivity contribution in [2.45, 2.75) is 13.0 Å². The summed E-state index contributed by atoms with van der Waals surface area (Å²) in [5.41, 5.74) is 2.26. The summed E-state index contributed by atoms with van der Waals surface area (Å²) in [7, 11) is 1.73. The summed E-state index contributed by atoms with van der Waals surface area (Å²) in [6.07, 6.45) is 0. The van der Waals surface area contributed by atoms with Gasteiger partial charge in [-0.25, -0.2) is 8.78 Å². The minimum Gasteiger partial charge on any atom is -0.309 e. The van der Waals surface area contributed by atoms with Crippen molar-refractivity contribution in [1.29, 1.82) is 0 Å². The van der Waals surface area contributed by atoms with Crippen molar-refractivity contribution in [1.82, 2.24) is 5.32 Å². The highest BCUT2D eigenvalue weighted by Crippen LogP contribution is 2.30. The molecule has 0 fully saturated rings. The van der Waals surface area contributed by atoms with Crippen LogP contribution in [0.4, 0.5) is 8.78 Å². The highest BCUT2D eigenvalue weighted by Gasteiger charge is 2.18. The maximum atomic E-state index is 13.4. The number of hydrogen-bond donors (Lipinski definition) is 1. The Bertz CT molecular complexity index is 547. The van der Waals surface area contributed by atoms with Crippen molar-refractivity contribution in [2.24, 2.45) is 0 Å². The van der Waals surface area contributed by atoms with E-state index in [1.807, 2.05) is 6.92 Å². The molecule has 0 radical (unpaired) electrons. The summed E-state index contributed by atoms with van der Waals surface area (Å²) in [4.78, 5) is 0. The van der Waals surface area contributed by atoms with Gasteiger partial charge in [-0.05, 0) is 61.0 Å². The zero-order valence-electron chi connectivity index (χ0n) is 10.7. The molecule has 1 unspecified atom stereocenters. The zero-order valence-corrected chi connectivity index (χ0v) is 11.4. The summed E-state index contributed by atoms with van der Waals surface area (Å²) in [5, 5.41) is 3.50. The Balaban J connectivity index is 2.55. The van der Waals surface area contributed by atoms with Crippen LogP contribution in [0.2, 0.25) is 5.02 Å². The summed E-state index contributed by atoms with van der Waals surface area (Å²) < 4.78 is 26.8. The van der Waals surface area contributed by atoms with Crippen molar-refractivity contribution >= 4 is 11.6 Å². The minimum absolute atomic E-state index is 0.326. The third kappa shape index (κ3) is 2.94. The van der Waals surface area contributed by atoms with E-state index in [4.69, 9.17) is 11.6 Å². The molecule has 2 aromatic carbocycles. The molecule has 0 aliphatic heterocycles. The molecule has 0 amide bonds. The molecular formula is C15H14ClF2N. The fourth-order valence-corrected chi connectivity index (χ4v) is 2.36. The van der Waals surface area contributed by atoms with Gasteiger partial charge in [0.15, 0.2) is 0 Å². The Kier molecular flexibility index (Phi) is 4.17. The third-order valence-corrected chi connectivity index (χ3v) is 3.45. The Morgan fingerprint density at radius 2 is 1.58 bits per heavy atom. The van der Waals surface area contributed by atoms with Gasteiger partial charge in [0.25, 0.3) is 0 Å². The van der Waals surface area contributed by atoms with E-state index in [2.05, 4.69) is 5.32 Å². The molecule has 1 atom stereocenters. The molecular weight excluding hydrogens is 268 g/mol. The molecule has 2 rings (SSSR count). The molecule has 2 aromatic rings. The van der Waals surface area contributed by atoms with E-state index in [1.165, 1.54) is 30.3 Å². The van der Waals surface area contributed by atoms with E-state index in [1.54, 1.807) is 13.1 Å². The second kappa shape index (κ2) is 5.68. The second-order valence-electron chi connectivity index (χ2n) is 4.39. The van der Waals surface area contributed by atoms with Gasteiger partial charge in [0, 0.05) is 5.02 Å². The molecule has 19 heavy (non-hydrogen) atoms. The average Bonchev–Trinajstić information content (AvgIpc) is 2.38. The first-order valence-corrected chi connectivity index (χ1v) is 6.29. The number of hydrogen-bond acceptors (Lipinski definition) is 1. The van der Waals surface area contributed by atoms with Crippen molar-refractivity contribution in [3.63, 3.8) is 0 Å². The molecule has 0 aromatic heterocycles. The van der Waals surface area contributed by atoms with Crippen molar-refractivity contribution in [3.05, 3.63) is 69.7 Å². The number of aryl methyl sites for hydroxylation is 1. The van der Waals surface area contributed by atoms with Gasteiger partial charge in [0.2, 0.25) is 0 Å². The van der Waals surface area contributed by atoms with Crippen molar-refractivity contribution in [3.8, 4) is 0 Å². The smallest absolute Gasteiger partial charge is 0.123 e. The lowest BCUT2D eigenvalue weighted by atomic mass is 9.95. The van der Waals surface area contributed by atoms with Crippen molar-refractivity contribution < 1.29 is 8.78 Å². The van der Waals surface area contributed by atoms with E-state index >= 15 is 0 Å². The zero-order chi connectivity index (χ0) is 14.0. The van der Waals surface area contributed by atoms with Crippen LogP contribution in [0.5, 0.6) is 0 Å². The quantitative estimate of drug-likeness (QED) is 0.887. The number of rotatable bonds is 3. The molecule has 0 bridgehead atoms. The van der Waals surface area contributed by atoms with E-state index < -0.39 is 0 Å². The predicted molar refractivity (Wildman–Crippen MR) is 73.4 cm³/mol. The van der Waals surface area contributed by atoms with E-state index in [-0.39, 0.29) is 17.7 Å². The Labute approximate surface area is 116 Å². The Morgan fingerprint density at radius 3 is 2.21 bits per heavy atom.